The number of halogens is 3. The van der Waals surface area contributed by atoms with Crippen LogP contribution in [0.3, 0.4) is 0 Å². The van der Waals surface area contributed by atoms with Crippen molar-refractivity contribution >= 4 is 29.7 Å². The molecule has 0 aromatic heterocycles. The fourth-order valence-corrected chi connectivity index (χ4v) is 2.34. The van der Waals surface area contributed by atoms with E-state index < -0.39 is 41.6 Å². The Bertz CT molecular complexity index is 940. The molecule has 1 heterocycles. The van der Waals surface area contributed by atoms with Crippen molar-refractivity contribution in [2.24, 2.45) is 10.1 Å². The van der Waals surface area contributed by atoms with E-state index in [1.54, 1.807) is 0 Å². The van der Waals surface area contributed by atoms with Gasteiger partial charge in [0.25, 0.3) is 5.91 Å². The first-order chi connectivity index (χ1) is 13.4. The summed E-state index contributed by atoms with van der Waals surface area (Å²) in [5.74, 6) is -3.56. The molecule has 2 amide bonds. The molecule has 2 aromatic carbocycles. The largest absolute Gasteiger partial charge is 0.321 e. The van der Waals surface area contributed by atoms with Gasteiger partial charge in [-0.25, -0.2) is 23.6 Å². The van der Waals surface area contributed by atoms with Crippen molar-refractivity contribution in [3.63, 3.8) is 0 Å². The number of benzene rings is 2. The highest BCUT2D eigenvalue weighted by Gasteiger charge is 2.29. The van der Waals surface area contributed by atoms with Gasteiger partial charge in [-0.2, -0.15) is 5.10 Å². The fraction of sp³-hybridized carbons (Fsp3) is 0.111. The first-order valence-electron chi connectivity index (χ1n) is 8.09. The molecular weight excluding hydrogens is 375 g/mol. The lowest BCUT2D eigenvalue weighted by Gasteiger charge is -2.08. The molecule has 0 spiro atoms. The number of carbonyl (C=O) groups is 2. The van der Waals surface area contributed by atoms with Crippen molar-refractivity contribution in [1.82, 2.24) is 10.7 Å². The van der Waals surface area contributed by atoms with E-state index >= 15 is 0 Å². The molecule has 10 heteroatoms. The van der Waals surface area contributed by atoms with Gasteiger partial charge < -0.3 is 5.32 Å². The van der Waals surface area contributed by atoms with Gasteiger partial charge in [0.2, 0.25) is 11.9 Å². The summed E-state index contributed by atoms with van der Waals surface area (Å²) < 4.78 is 39.9. The second-order valence-electron chi connectivity index (χ2n) is 5.75. The van der Waals surface area contributed by atoms with E-state index in [9.17, 15) is 22.8 Å². The molecule has 3 rings (SSSR count). The molecule has 3 N–H and O–H groups in total. The van der Waals surface area contributed by atoms with Crippen molar-refractivity contribution in [1.29, 1.82) is 0 Å². The highest BCUT2D eigenvalue weighted by atomic mass is 19.1. The minimum Gasteiger partial charge on any atom is -0.321 e. The molecule has 7 nitrogen and oxygen atoms in total. The average Bonchev–Trinajstić information content (AvgIpc) is 2.99. The predicted octanol–water partition coefficient (Wildman–Crippen LogP) is 1.91. The average molecular weight is 389 g/mol. The number of para-hydroxylation sites is 1. The molecule has 1 aliphatic heterocycles. The lowest BCUT2D eigenvalue weighted by atomic mass is 10.2. The molecule has 0 saturated heterocycles. The Hall–Kier alpha value is -3.69. The van der Waals surface area contributed by atoms with Crippen molar-refractivity contribution in [3.05, 3.63) is 65.5 Å². The summed E-state index contributed by atoms with van der Waals surface area (Å²) in [6, 6.07) is 7.64. The molecule has 0 bridgehead atoms. The van der Waals surface area contributed by atoms with Crippen LogP contribution in [0.2, 0.25) is 0 Å². The van der Waals surface area contributed by atoms with Crippen molar-refractivity contribution < 1.29 is 22.8 Å². The molecule has 0 unspecified atom stereocenters. The molecule has 0 aliphatic carbocycles. The van der Waals surface area contributed by atoms with Gasteiger partial charge in [0, 0.05) is 0 Å². The topological polar surface area (TPSA) is 94.9 Å². The van der Waals surface area contributed by atoms with Crippen LogP contribution >= 0.6 is 0 Å². The van der Waals surface area contributed by atoms with E-state index in [0.717, 1.165) is 12.1 Å². The molecular formula is C18H14F3N5O2. The number of carbonyl (C=O) groups excluding carboxylic acids is 2. The van der Waals surface area contributed by atoms with E-state index in [2.05, 4.69) is 26.2 Å². The number of rotatable bonds is 5. The quantitative estimate of drug-likeness (QED) is 0.539. The lowest BCUT2D eigenvalue weighted by Crippen LogP contribution is -2.35. The Kier molecular flexibility index (Phi) is 5.68. The second kappa shape index (κ2) is 8.33. The Morgan fingerprint density at radius 2 is 1.82 bits per heavy atom. The van der Waals surface area contributed by atoms with E-state index in [4.69, 9.17) is 0 Å². The van der Waals surface area contributed by atoms with Gasteiger partial charge in [-0.15, -0.1) is 0 Å². The van der Waals surface area contributed by atoms with Gasteiger partial charge in [-0.3, -0.25) is 14.9 Å². The molecule has 2 aromatic rings. The van der Waals surface area contributed by atoms with Crippen LogP contribution in [0.5, 0.6) is 0 Å². The number of guanidine groups is 1. The summed E-state index contributed by atoms with van der Waals surface area (Å²) >= 11 is 0. The Morgan fingerprint density at radius 3 is 2.50 bits per heavy atom. The molecule has 1 atom stereocenters. The van der Waals surface area contributed by atoms with E-state index in [-0.39, 0.29) is 11.8 Å². The fourth-order valence-electron chi connectivity index (χ4n) is 2.34. The SMILES string of the molecule is O=C(C[C@H]1N=C(N/N=C\c2ccc(F)cc2)NC1=O)Nc1c(F)cccc1F. The number of hydrazone groups is 1. The van der Waals surface area contributed by atoms with E-state index in [1.807, 2.05) is 0 Å². The van der Waals surface area contributed by atoms with Gasteiger partial charge in [0.15, 0.2) is 0 Å². The highest BCUT2D eigenvalue weighted by molar-refractivity contribution is 6.07. The summed E-state index contributed by atoms with van der Waals surface area (Å²) in [5.41, 5.74) is 2.51. The predicted molar refractivity (Wildman–Crippen MR) is 96.1 cm³/mol. The van der Waals surface area contributed by atoms with Crippen LogP contribution in [0.1, 0.15) is 12.0 Å². The van der Waals surface area contributed by atoms with Crippen LogP contribution in [-0.4, -0.2) is 30.0 Å². The first-order valence-corrected chi connectivity index (χ1v) is 8.09. The second-order valence-corrected chi connectivity index (χ2v) is 5.75. The third-order valence-electron chi connectivity index (χ3n) is 3.69. The summed E-state index contributed by atoms with van der Waals surface area (Å²) in [6.07, 6.45) is 0.974. The maximum atomic E-state index is 13.6. The Labute approximate surface area is 157 Å². The van der Waals surface area contributed by atoms with Crippen molar-refractivity contribution in [3.8, 4) is 0 Å². The van der Waals surface area contributed by atoms with Crippen molar-refractivity contribution in [2.45, 2.75) is 12.5 Å². The highest BCUT2D eigenvalue weighted by Crippen LogP contribution is 2.18. The Morgan fingerprint density at radius 1 is 1.14 bits per heavy atom. The van der Waals surface area contributed by atoms with E-state index in [0.29, 0.717) is 5.56 Å². The van der Waals surface area contributed by atoms with E-state index in [1.165, 1.54) is 36.5 Å². The molecule has 28 heavy (non-hydrogen) atoms. The van der Waals surface area contributed by atoms with Crippen LogP contribution in [-0.2, 0) is 9.59 Å². The van der Waals surface area contributed by atoms with Crippen LogP contribution in [0.15, 0.2) is 52.6 Å². The monoisotopic (exact) mass is 389 g/mol. The minimum absolute atomic E-state index is 0.0123. The number of nitrogens with zero attached hydrogens (tertiary/aromatic N) is 2. The number of hydrogen-bond acceptors (Lipinski definition) is 5. The Balaban J connectivity index is 1.57. The van der Waals surface area contributed by atoms with Crippen LogP contribution in [0, 0.1) is 17.5 Å². The lowest BCUT2D eigenvalue weighted by molar-refractivity contribution is -0.123. The normalized spacial score (nSPS) is 16.0. The van der Waals surface area contributed by atoms with Crippen molar-refractivity contribution in [2.75, 3.05) is 5.32 Å². The van der Waals surface area contributed by atoms with Gasteiger partial charge in [-0.1, -0.05) is 18.2 Å². The standard InChI is InChI=1S/C18H14F3N5O2/c19-11-6-4-10(5-7-11)9-22-26-18-23-14(17(28)25-18)8-15(27)24-16-12(20)2-1-3-13(16)21/h1-7,9,14H,8H2,(H,24,27)(H2,23,25,26,28)/b22-9-/t14-/m1/s1. The molecule has 144 valence electrons. The third-order valence-corrected chi connectivity index (χ3v) is 3.69. The summed E-state index contributed by atoms with van der Waals surface area (Å²) in [5, 5.41) is 8.33. The molecule has 0 radical (unpaired) electrons. The van der Waals surface area contributed by atoms with Crippen LogP contribution in [0.4, 0.5) is 18.9 Å². The summed E-state index contributed by atoms with van der Waals surface area (Å²) in [4.78, 5) is 27.8. The van der Waals surface area contributed by atoms with Gasteiger partial charge in [-0.05, 0) is 29.8 Å². The summed E-state index contributed by atoms with van der Waals surface area (Å²) in [7, 11) is 0. The third kappa shape index (κ3) is 4.72. The van der Waals surface area contributed by atoms with Gasteiger partial charge >= 0.3 is 0 Å². The maximum absolute atomic E-state index is 13.6. The molecule has 0 saturated carbocycles. The zero-order valence-electron chi connectivity index (χ0n) is 14.2. The molecule has 1 aliphatic rings. The van der Waals surface area contributed by atoms with Gasteiger partial charge in [0.05, 0.1) is 12.6 Å². The summed E-state index contributed by atoms with van der Waals surface area (Å²) in [6.45, 7) is 0. The number of anilines is 1. The number of aliphatic imine (C=N–C) groups is 1. The maximum Gasteiger partial charge on any atom is 0.252 e. The smallest absolute Gasteiger partial charge is 0.252 e. The number of nitrogens with one attached hydrogen (secondary N) is 3. The molecule has 0 fully saturated rings. The number of amides is 2. The van der Waals surface area contributed by atoms with Gasteiger partial charge in [0.1, 0.15) is 29.2 Å². The van der Waals surface area contributed by atoms with Crippen LogP contribution < -0.4 is 16.1 Å². The first kappa shape index (κ1) is 19.1. The number of hydrogen-bond donors (Lipinski definition) is 3. The zero-order valence-corrected chi connectivity index (χ0v) is 14.2. The van der Waals surface area contributed by atoms with Crippen LogP contribution in [0.25, 0.3) is 0 Å². The zero-order chi connectivity index (χ0) is 20.1. The minimum atomic E-state index is -1.07.